The Balaban J connectivity index is 2.36. The maximum absolute atomic E-state index is 13.8. The second-order valence-corrected chi connectivity index (χ2v) is 4.35. The van der Waals surface area contributed by atoms with Crippen molar-refractivity contribution in [1.82, 2.24) is 4.98 Å². The molecule has 0 amide bonds. The van der Waals surface area contributed by atoms with Gasteiger partial charge in [-0.15, -0.1) is 0 Å². The quantitative estimate of drug-likeness (QED) is 0.703. The van der Waals surface area contributed by atoms with Crippen LogP contribution in [0.2, 0.25) is 0 Å². The highest BCUT2D eigenvalue weighted by molar-refractivity contribution is 6.04. The van der Waals surface area contributed by atoms with Gasteiger partial charge < -0.3 is 4.98 Å². The molecule has 0 radical (unpaired) electrons. The fraction of sp³-hybridized carbons (Fsp3) is 0. The first-order chi connectivity index (χ1) is 9.60. The standard InChI is InChI=1S/C15H8F3NO/c16-8-1-3-13(18)11(6-8)15-12(7-20)10-5-9(17)2-4-14(10)19-15/h1-7,19H. The van der Waals surface area contributed by atoms with Gasteiger partial charge in [0.15, 0.2) is 6.29 Å². The summed E-state index contributed by atoms with van der Waals surface area (Å²) in [4.78, 5) is 14.0. The van der Waals surface area contributed by atoms with E-state index in [4.69, 9.17) is 0 Å². The fourth-order valence-corrected chi connectivity index (χ4v) is 2.21. The van der Waals surface area contributed by atoms with Gasteiger partial charge in [-0.05, 0) is 36.4 Å². The molecule has 0 unspecified atom stereocenters. The van der Waals surface area contributed by atoms with Crippen LogP contribution in [0.15, 0.2) is 36.4 Å². The Morgan fingerprint density at radius 3 is 2.40 bits per heavy atom. The zero-order chi connectivity index (χ0) is 14.3. The lowest BCUT2D eigenvalue weighted by molar-refractivity contribution is 0.112. The normalized spacial score (nSPS) is 10.9. The second-order valence-electron chi connectivity index (χ2n) is 4.35. The summed E-state index contributed by atoms with van der Waals surface area (Å²) in [5.74, 6) is -1.80. The van der Waals surface area contributed by atoms with Gasteiger partial charge in [0.05, 0.1) is 5.69 Å². The van der Waals surface area contributed by atoms with Gasteiger partial charge in [-0.3, -0.25) is 4.79 Å². The van der Waals surface area contributed by atoms with E-state index in [9.17, 15) is 18.0 Å². The van der Waals surface area contributed by atoms with Crippen LogP contribution in [0.3, 0.4) is 0 Å². The number of hydrogen-bond donors (Lipinski definition) is 1. The van der Waals surface area contributed by atoms with E-state index in [0.717, 1.165) is 18.2 Å². The highest BCUT2D eigenvalue weighted by Gasteiger charge is 2.16. The van der Waals surface area contributed by atoms with Gasteiger partial charge >= 0.3 is 0 Å². The topological polar surface area (TPSA) is 32.9 Å². The summed E-state index contributed by atoms with van der Waals surface area (Å²) in [6.45, 7) is 0. The third-order valence-electron chi connectivity index (χ3n) is 3.12. The SMILES string of the molecule is O=Cc1c(-c2cc(F)ccc2F)[nH]c2ccc(F)cc12. The van der Waals surface area contributed by atoms with Gasteiger partial charge in [-0.2, -0.15) is 0 Å². The molecule has 2 aromatic carbocycles. The van der Waals surface area contributed by atoms with Gasteiger partial charge in [0, 0.05) is 22.0 Å². The molecule has 100 valence electrons. The first-order valence-electron chi connectivity index (χ1n) is 5.82. The van der Waals surface area contributed by atoms with Crippen molar-refractivity contribution in [2.45, 2.75) is 0 Å². The minimum atomic E-state index is -0.665. The number of aromatic amines is 1. The molecule has 5 heteroatoms. The van der Waals surface area contributed by atoms with E-state index in [1.54, 1.807) is 0 Å². The number of rotatable bonds is 2. The van der Waals surface area contributed by atoms with E-state index in [2.05, 4.69) is 4.98 Å². The van der Waals surface area contributed by atoms with E-state index in [1.165, 1.54) is 18.2 Å². The number of benzene rings is 2. The molecule has 1 aromatic heterocycles. The fourth-order valence-electron chi connectivity index (χ4n) is 2.21. The number of hydrogen-bond acceptors (Lipinski definition) is 1. The predicted molar refractivity (Wildman–Crippen MR) is 69.0 cm³/mol. The monoisotopic (exact) mass is 275 g/mol. The Morgan fingerprint density at radius 2 is 1.65 bits per heavy atom. The van der Waals surface area contributed by atoms with Crippen LogP contribution in [-0.4, -0.2) is 11.3 Å². The minimum absolute atomic E-state index is 0.0660. The van der Waals surface area contributed by atoms with Crippen LogP contribution in [0.4, 0.5) is 13.2 Å². The van der Waals surface area contributed by atoms with Crippen LogP contribution < -0.4 is 0 Å². The minimum Gasteiger partial charge on any atom is -0.354 e. The van der Waals surface area contributed by atoms with Gasteiger partial charge in [0.25, 0.3) is 0 Å². The summed E-state index contributed by atoms with van der Waals surface area (Å²) < 4.78 is 40.3. The van der Waals surface area contributed by atoms with Crippen molar-refractivity contribution in [3.8, 4) is 11.3 Å². The molecule has 0 fully saturated rings. The van der Waals surface area contributed by atoms with Gasteiger partial charge in [0.1, 0.15) is 17.5 Å². The summed E-state index contributed by atoms with van der Waals surface area (Å²) in [6, 6.07) is 6.80. The average Bonchev–Trinajstić information content (AvgIpc) is 2.79. The zero-order valence-electron chi connectivity index (χ0n) is 10.1. The van der Waals surface area contributed by atoms with Gasteiger partial charge in [0.2, 0.25) is 0 Å². The first-order valence-corrected chi connectivity index (χ1v) is 5.82. The smallest absolute Gasteiger partial charge is 0.152 e. The maximum Gasteiger partial charge on any atom is 0.152 e. The lowest BCUT2D eigenvalue weighted by atomic mass is 10.1. The molecule has 3 aromatic rings. The largest absolute Gasteiger partial charge is 0.354 e. The Kier molecular flexibility index (Phi) is 2.82. The molecular formula is C15H8F3NO. The van der Waals surface area contributed by atoms with Crippen LogP contribution in [0.25, 0.3) is 22.2 Å². The van der Waals surface area contributed by atoms with E-state index in [1.807, 2.05) is 0 Å². The van der Waals surface area contributed by atoms with Crippen molar-refractivity contribution in [3.63, 3.8) is 0 Å². The van der Waals surface area contributed by atoms with Crippen molar-refractivity contribution in [2.75, 3.05) is 0 Å². The number of carbonyl (C=O) groups excluding carboxylic acids is 1. The zero-order valence-corrected chi connectivity index (χ0v) is 10.1. The Labute approximate surface area is 111 Å². The van der Waals surface area contributed by atoms with Crippen LogP contribution in [-0.2, 0) is 0 Å². The molecule has 0 saturated heterocycles. The Morgan fingerprint density at radius 1 is 0.950 bits per heavy atom. The molecule has 0 aliphatic carbocycles. The molecular weight excluding hydrogens is 267 g/mol. The van der Waals surface area contributed by atoms with E-state index in [-0.39, 0.29) is 16.8 Å². The van der Waals surface area contributed by atoms with E-state index < -0.39 is 17.5 Å². The average molecular weight is 275 g/mol. The molecule has 3 rings (SSSR count). The molecule has 1 N–H and O–H groups in total. The van der Waals surface area contributed by atoms with Crippen molar-refractivity contribution in [3.05, 3.63) is 59.4 Å². The number of carbonyl (C=O) groups is 1. The van der Waals surface area contributed by atoms with E-state index >= 15 is 0 Å². The van der Waals surface area contributed by atoms with Gasteiger partial charge in [-0.1, -0.05) is 0 Å². The summed E-state index contributed by atoms with van der Waals surface area (Å²) in [5, 5.41) is 0.332. The van der Waals surface area contributed by atoms with Crippen molar-refractivity contribution < 1.29 is 18.0 Å². The van der Waals surface area contributed by atoms with Crippen LogP contribution in [0, 0.1) is 17.5 Å². The predicted octanol–water partition coefficient (Wildman–Crippen LogP) is 4.06. The molecule has 0 bridgehead atoms. The third-order valence-corrected chi connectivity index (χ3v) is 3.12. The maximum atomic E-state index is 13.8. The number of H-pyrrole nitrogens is 1. The highest BCUT2D eigenvalue weighted by Crippen LogP contribution is 2.31. The number of nitrogens with one attached hydrogen (secondary N) is 1. The molecule has 0 aliphatic heterocycles. The summed E-state index contributed by atoms with van der Waals surface area (Å²) >= 11 is 0. The second kappa shape index (κ2) is 4.52. The molecule has 2 nitrogen and oxygen atoms in total. The number of aldehydes is 1. The lowest BCUT2D eigenvalue weighted by Crippen LogP contribution is -1.90. The van der Waals surface area contributed by atoms with Crippen LogP contribution in [0.5, 0.6) is 0 Å². The van der Waals surface area contributed by atoms with E-state index in [0.29, 0.717) is 17.2 Å². The summed E-state index contributed by atoms with van der Waals surface area (Å²) in [5.41, 5.74) is 0.650. The lowest BCUT2D eigenvalue weighted by Gasteiger charge is -2.02. The van der Waals surface area contributed by atoms with Gasteiger partial charge in [-0.25, -0.2) is 13.2 Å². The number of halogens is 3. The summed E-state index contributed by atoms with van der Waals surface area (Å²) in [7, 11) is 0. The van der Waals surface area contributed by atoms with Crippen molar-refractivity contribution in [1.29, 1.82) is 0 Å². The molecule has 0 spiro atoms. The Hall–Kier alpha value is -2.56. The first kappa shape index (κ1) is 12.5. The molecule has 20 heavy (non-hydrogen) atoms. The third kappa shape index (κ3) is 1.87. The molecule has 1 heterocycles. The Bertz CT molecular complexity index is 823. The van der Waals surface area contributed by atoms with Crippen molar-refractivity contribution in [2.24, 2.45) is 0 Å². The van der Waals surface area contributed by atoms with Crippen molar-refractivity contribution >= 4 is 17.2 Å². The van der Waals surface area contributed by atoms with Crippen LogP contribution >= 0.6 is 0 Å². The number of fused-ring (bicyclic) bond motifs is 1. The molecule has 0 aliphatic rings. The number of aromatic nitrogens is 1. The molecule has 0 saturated carbocycles. The van der Waals surface area contributed by atoms with Crippen LogP contribution in [0.1, 0.15) is 10.4 Å². The highest BCUT2D eigenvalue weighted by atomic mass is 19.1. The molecule has 0 atom stereocenters. The summed E-state index contributed by atoms with van der Waals surface area (Å²) in [6.07, 6.45) is 0.498.